The van der Waals surface area contributed by atoms with Gasteiger partial charge in [-0.15, -0.1) is 0 Å². The summed E-state index contributed by atoms with van der Waals surface area (Å²) in [6.07, 6.45) is 0.0509. The highest BCUT2D eigenvalue weighted by Gasteiger charge is 2.42. The Bertz CT molecular complexity index is 1150. The molecule has 2 aliphatic heterocycles. The molecule has 1 N–H and O–H groups in total. The summed E-state index contributed by atoms with van der Waals surface area (Å²) >= 11 is 12.4. The molecule has 30 heavy (non-hydrogen) atoms. The Morgan fingerprint density at radius 2 is 1.83 bits per heavy atom. The van der Waals surface area contributed by atoms with E-state index in [4.69, 9.17) is 37.8 Å². The molecule has 0 saturated carbocycles. The van der Waals surface area contributed by atoms with Gasteiger partial charge in [0.25, 0.3) is 0 Å². The van der Waals surface area contributed by atoms with Crippen molar-refractivity contribution in [1.82, 2.24) is 5.01 Å². The highest BCUT2D eigenvalue weighted by Crippen LogP contribution is 2.49. The number of hydrogen-bond donors (Lipinski definition) is 1. The van der Waals surface area contributed by atoms with E-state index in [-0.39, 0.29) is 16.8 Å². The number of para-hydroxylation sites is 1. The Morgan fingerprint density at radius 1 is 1.07 bits per heavy atom. The molecular formula is C23H18Cl2N2O3. The van der Waals surface area contributed by atoms with Crippen molar-refractivity contribution in [3.8, 4) is 17.2 Å². The summed E-state index contributed by atoms with van der Waals surface area (Å²) in [5.74, 6) is 1.49. The lowest BCUT2D eigenvalue weighted by atomic mass is 9.96. The van der Waals surface area contributed by atoms with Gasteiger partial charge in [0.2, 0.25) is 6.23 Å². The summed E-state index contributed by atoms with van der Waals surface area (Å²) < 4.78 is 11.5. The molecule has 0 aromatic heterocycles. The van der Waals surface area contributed by atoms with Crippen LogP contribution in [0.3, 0.4) is 0 Å². The van der Waals surface area contributed by atoms with E-state index >= 15 is 0 Å². The average molecular weight is 441 g/mol. The minimum Gasteiger partial charge on any atom is -0.506 e. The van der Waals surface area contributed by atoms with Crippen LogP contribution in [0.5, 0.6) is 17.2 Å². The van der Waals surface area contributed by atoms with E-state index in [0.29, 0.717) is 17.0 Å². The Hall–Kier alpha value is -2.89. The molecule has 0 radical (unpaired) electrons. The van der Waals surface area contributed by atoms with E-state index in [1.165, 1.54) is 6.07 Å². The summed E-state index contributed by atoms with van der Waals surface area (Å²) in [5, 5.41) is 18.0. The predicted octanol–water partition coefficient (Wildman–Crippen LogP) is 5.95. The molecular weight excluding hydrogens is 423 g/mol. The molecule has 3 aromatic rings. The fraction of sp³-hybridized carbons (Fsp3) is 0.174. The van der Waals surface area contributed by atoms with Gasteiger partial charge in [0.05, 0.1) is 29.4 Å². The van der Waals surface area contributed by atoms with Gasteiger partial charge in [-0.3, -0.25) is 0 Å². The van der Waals surface area contributed by atoms with Gasteiger partial charge in [-0.05, 0) is 48.0 Å². The van der Waals surface area contributed by atoms with Gasteiger partial charge < -0.3 is 14.6 Å². The largest absolute Gasteiger partial charge is 0.506 e. The Morgan fingerprint density at radius 3 is 2.60 bits per heavy atom. The lowest BCUT2D eigenvalue weighted by molar-refractivity contribution is -0.0203. The van der Waals surface area contributed by atoms with E-state index < -0.39 is 6.23 Å². The van der Waals surface area contributed by atoms with Crippen LogP contribution < -0.4 is 9.47 Å². The lowest BCUT2D eigenvalue weighted by Gasteiger charge is -2.38. The second kappa shape index (κ2) is 7.42. The number of hydrogen-bond acceptors (Lipinski definition) is 5. The van der Waals surface area contributed by atoms with Crippen LogP contribution in [0.1, 0.15) is 35.4 Å². The van der Waals surface area contributed by atoms with Gasteiger partial charge in [0.1, 0.15) is 17.2 Å². The predicted molar refractivity (Wildman–Crippen MR) is 117 cm³/mol. The SMILES string of the molecule is COc1ccc(C2=NN3[C@@H](C2)c2ccccc2O[C@H]3c2cc(Cl)cc(Cl)c2O)cc1. The molecule has 0 unspecified atom stereocenters. The third-order valence-electron chi connectivity index (χ3n) is 5.45. The number of phenolic OH excluding ortho intramolecular Hbond substituents is 1. The molecule has 2 aliphatic rings. The molecule has 2 atom stereocenters. The number of methoxy groups -OCH3 is 1. The molecule has 3 aromatic carbocycles. The number of phenols is 1. The Balaban J connectivity index is 1.61. The van der Waals surface area contributed by atoms with Crippen molar-refractivity contribution in [2.24, 2.45) is 5.10 Å². The highest BCUT2D eigenvalue weighted by atomic mass is 35.5. The number of aromatic hydroxyl groups is 1. The van der Waals surface area contributed by atoms with Gasteiger partial charge >= 0.3 is 0 Å². The third kappa shape index (κ3) is 3.15. The number of hydrazone groups is 1. The van der Waals surface area contributed by atoms with E-state index in [1.54, 1.807) is 13.2 Å². The van der Waals surface area contributed by atoms with Crippen LogP contribution in [-0.4, -0.2) is 22.9 Å². The van der Waals surface area contributed by atoms with Gasteiger partial charge in [-0.2, -0.15) is 5.10 Å². The van der Waals surface area contributed by atoms with Crippen LogP contribution in [0.2, 0.25) is 10.0 Å². The molecule has 0 amide bonds. The fourth-order valence-electron chi connectivity index (χ4n) is 3.97. The first-order valence-corrected chi connectivity index (χ1v) is 10.2. The van der Waals surface area contributed by atoms with Crippen molar-refractivity contribution >= 4 is 28.9 Å². The number of ether oxygens (including phenoxy) is 2. The molecule has 5 rings (SSSR count). The summed E-state index contributed by atoms with van der Waals surface area (Å²) in [6.45, 7) is 0. The minimum absolute atomic E-state index is 0.0331. The average Bonchev–Trinajstić information content (AvgIpc) is 3.21. The standard InChI is InChI=1S/C23H18Cl2N2O3/c1-29-15-8-6-13(7-9-15)19-12-20-16-4-2-3-5-21(16)30-23(27(20)26-19)17-10-14(24)11-18(25)22(17)28/h2-11,20,23,28H,12H2,1H3/t20-,23-/m0/s1. The number of rotatable bonds is 3. The zero-order valence-electron chi connectivity index (χ0n) is 16.0. The number of fused-ring (bicyclic) bond motifs is 3. The van der Waals surface area contributed by atoms with Crippen LogP contribution in [0.4, 0.5) is 0 Å². The zero-order chi connectivity index (χ0) is 20.8. The van der Waals surface area contributed by atoms with Crippen molar-refractivity contribution < 1.29 is 14.6 Å². The zero-order valence-corrected chi connectivity index (χ0v) is 17.6. The van der Waals surface area contributed by atoms with Crippen LogP contribution in [-0.2, 0) is 0 Å². The third-order valence-corrected chi connectivity index (χ3v) is 5.95. The molecule has 152 valence electrons. The first-order chi connectivity index (χ1) is 14.5. The minimum atomic E-state index is -0.656. The quantitative estimate of drug-likeness (QED) is 0.546. The first-order valence-electron chi connectivity index (χ1n) is 9.49. The second-order valence-corrected chi connectivity index (χ2v) is 8.05. The Kier molecular flexibility index (Phi) is 4.72. The van der Waals surface area contributed by atoms with E-state index in [1.807, 2.05) is 53.5 Å². The highest BCUT2D eigenvalue weighted by molar-refractivity contribution is 6.35. The fourth-order valence-corrected chi connectivity index (χ4v) is 4.48. The van der Waals surface area contributed by atoms with Crippen molar-refractivity contribution in [3.63, 3.8) is 0 Å². The maximum absolute atomic E-state index is 10.6. The van der Waals surface area contributed by atoms with Crippen LogP contribution in [0, 0.1) is 0 Å². The topological polar surface area (TPSA) is 54.3 Å². The first kappa shape index (κ1) is 19.1. The van der Waals surface area contributed by atoms with E-state index in [2.05, 4.69) is 0 Å². The summed E-state index contributed by atoms with van der Waals surface area (Å²) in [7, 11) is 1.64. The van der Waals surface area contributed by atoms with Gasteiger partial charge in [0.15, 0.2) is 0 Å². The molecule has 5 nitrogen and oxygen atoms in total. The Labute approximate surface area is 184 Å². The van der Waals surface area contributed by atoms with Crippen LogP contribution in [0.15, 0.2) is 65.8 Å². The summed E-state index contributed by atoms with van der Waals surface area (Å²) in [5.41, 5.74) is 3.47. The molecule has 0 saturated heterocycles. The monoisotopic (exact) mass is 440 g/mol. The molecule has 0 spiro atoms. The summed E-state index contributed by atoms with van der Waals surface area (Å²) in [6, 6.07) is 18.8. The number of halogens is 2. The normalized spacial score (nSPS) is 19.6. The van der Waals surface area contributed by atoms with Crippen LogP contribution in [0.25, 0.3) is 0 Å². The smallest absolute Gasteiger partial charge is 0.217 e. The van der Waals surface area contributed by atoms with E-state index in [0.717, 1.165) is 28.3 Å². The molecule has 0 bridgehead atoms. The van der Waals surface area contributed by atoms with Gasteiger partial charge in [-0.25, -0.2) is 5.01 Å². The van der Waals surface area contributed by atoms with Crippen molar-refractivity contribution in [1.29, 1.82) is 0 Å². The molecule has 7 heteroatoms. The molecule has 2 heterocycles. The lowest BCUT2D eigenvalue weighted by Crippen LogP contribution is -2.33. The molecule has 0 fully saturated rings. The molecule has 0 aliphatic carbocycles. The van der Waals surface area contributed by atoms with Gasteiger partial charge in [-0.1, -0.05) is 41.4 Å². The van der Waals surface area contributed by atoms with Crippen molar-refractivity contribution in [2.75, 3.05) is 7.11 Å². The number of nitrogens with zero attached hydrogens (tertiary/aromatic N) is 2. The maximum atomic E-state index is 10.6. The van der Waals surface area contributed by atoms with Crippen molar-refractivity contribution in [3.05, 3.63) is 87.4 Å². The van der Waals surface area contributed by atoms with Gasteiger partial charge in [0, 0.05) is 17.0 Å². The number of benzene rings is 3. The van der Waals surface area contributed by atoms with Crippen molar-refractivity contribution in [2.45, 2.75) is 18.7 Å². The van der Waals surface area contributed by atoms with Crippen LogP contribution >= 0.6 is 23.2 Å². The second-order valence-electron chi connectivity index (χ2n) is 7.21. The van der Waals surface area contributed by atoms with E-state index in [9.17, 15) is 5.11 Å². The maximum Gasteiger partial charge on any atom is 0.217 e. The summed E-state index contributed by atoms with van der Waals surface area (Å²) in [4.78, 5) is 0.